The van der Waals surface area contributed by atoms with Gasteiger partial charge in [0.2, 0.25) is 0 Å². The number of halogens is 1. The van der Waals surface area contributed by atoms with Gasteiger partial charge in [0.1, 0.15) is 5.82 Å². The lowest BCUT2D eigenvalue weighted by molar-refractivity contribution is -0.385. The van der Waals surface area contributed by atoms with E-state index in [9.17, 15) is 19.3 Å². The first kappa shape index (κ1) is 19.4. The van der Waals surface area contributed by atoms with Crippen molar-refractivity contribution in [1.29, 1.82) is 0 Å². The summed E-state index contributed by atoms with van der Waals surface area (Å²) in [7, 11) is 0. The Bertz CT molecular complexity index is 820. The van der Waals surface area contributed by atoms with E-state index in [2.05, 4.69) is 31.0 Å². The van der Waals surface area contributed by atoms with Crippen molar-refractivity contribution in [1.82, 2.24) is 0 Å². The summed E-state index contributed by atoms with van der Waals surface area (Å²) >= 11 is 0. The maximum atomic E-state index is 13.9. The molecule has 26 heavy (non-hydrogen) atoms. The molecule has 0 bridgehead atoms. The van der Waals surface area contributed by atoms with Crippen LogP contribution in [0.25, 0.3) is 0 Å². The fourth-order valence-electron chi connectivity index (χ4n) is 2.77. The average Bonchev–Trinajstić information content (AvgIpc) is 2.58. The van der Waals surface area contributed by atoms with Crippen molar-refractivity contribution in [3.05, 3.63) is 63.5 Å². The summed E-state index contributed by atoms with van der Waals surface area (Å²) < 4.78 is 13.9. The van der Waals surface area contributed by atoms with Crippen LogP contribution in [0.3, 0.4) is 0 Å². The number of hydrogen-bond acceptors (Lipinski definition) is 4. The van der Waals surface area contributed by atoms with Gasteiger partial charge in [-0.3, -0.25) is 14.9 Å². The Kier molecular flexibility index (Phi) is 5.92. The fourth-order valence-corrected chi connectivity index (χ4v) is 2.77. The van der Waals surface area contributed by atoms with Crippen LogP contribution in [0.5, 0.6) is 0 Å². The van der Waals surface area contributed by atoms with Gasteiger partial charge in [0.25, 0.3) is 11.6 Å². The summed E-state index contributed by atoms with van der Waals surface area (Å²) in [6, 6.07) is 9.70. The molecule has 0 unspecified atom stereocenters. The Hall–Kier alpha value is -2.96. The van der Waals surface area contributed by atoms with Gasteiger partial charge in [0.15, 0.2) is 0 Å². The lowest BCUT2D eigenvalue weighted by Gasteiger charge is -2.27. The zero-order chi connectivity index (χ0) is 19.4. The van der Waals surface area contributed by atoms with Crippen LogP contribution < -0.4 is 10.2 Å². The second kappa shape index (κ2) is 7.95. The summed E-state index contributed by atoms with van der Waals surface area (Å²) in [6.45, 7) is 8.42. The first-order chi connectivity index (χ1) is 12.2. The van der Waals surface area contributed by atoms with Crippen molar-refractivity contribution in [2.75, 3.05) is 16.8 Å². The van der Waals surface area contributed by atoms with Gasteiger partial charge in [-0.1, -0.05) is 0 Å². The van der Waals surface area contributed by atoms with Crippen molar-refractivity contribution in [3.63, 3.8) is 0 Å². The van der Waals surface area contributed by atoms with Crippen molar-refractivity contribution in [2.45, 2.75) is 33.7 Å². The molecule has 0 aliphatic carbocycles. The fraction of sp³-hybridized carbons (Fsp3) is 0.316. The number of anilines is 2. The van der Waals surface area contributed by atoms with E-state index in [4.69, 9.17) is 0 Å². The molecule has 0 saturated heterocycles. The highest BCUT2D eigenvalue weighted by Crippen LogP contribution is 2.24. The molecule has 1 N–H and O–H groups in total. The molecule has 138 valence electrons. The van der Waals surface area contributed by atoms with Crippen LogP contribution in [0, 0.1) is 22.9 Å². The minimum absolute atomic E-state index is 0.0933. The molecule has 0 atom stereocenters. The third-order valence-corrected chi connectivity index (χ3v) is 4.20. The number of hydrogen-bond donors (Lipinski definition) is 1. The Morgan fingerprint density at radius 3 is 2.38 bits per heavy atom. The van der Waals surface area contributed by atoms with E-state index in [1.807, 2.05) is 12.1 Å². The summed E-state index contributed by atoms with van der Waals surface area (Å²) in [6.07, 6.45) is 0. The Labute approximate surface area is 151 Å². The highest BCUT2D eigenvalue weighted by atomic mass is 19.1. The molecule has 0 aromatic heterocycles. The van der Waals surface area contributed by atoms with E-state index in [1.165, 1.54) is 6.92 Å². The van der Waals surface area contributed by atoms with Gasteiger partial charge in [-0.25, -0.2) is 4.39 Å². The molecule has 1 amide bonds. The van der Waals surface area contributed by atoms with Crippen LogP contribution in [0.1, 0.15) is 36.7 Å². The molecule has 0 aliphatic heterocycles. The molecule has 0 saturated carbocycles. The molecule has 0 spiro atoms. The van der Waals surface area contributed by atoms with E-state index in [-0.39, 0.29) is 11.1 Å². The second-order valence-corrected chi connectivity index (χ2v) is 6.24. The summed E-state index contributed by atoms with van der Waals surface area (Å²) in [5, 5.41) is 13.6. The van der Waals surface area contributed by atoms with Gasteiger partial charge in [0, 0.05) is 35.6 Å². The van der Waals surface area contributed by atoms with Crippen LogP contribution in [-0.4, -0.2) is 23.4 Å². The van der Waals surface area contributed by atoms with Crippen LogP contribution in [-0.2, 0) is 0 Å². The predicted molar refractivity (Wildman–Crippen MR) is 100 cm³/mol. The number of nitro groups is 1. The zero-order valence-corrected chi connectivity index (χ0v) is 15.2. The number of rotatable bonds is 6. The van der Waals surface area contributed by atoms with Crippen molar-refractivity contribution in [3.8, 4) is 0 Å². The number of nitrogens with one attached hydrogen (secondary N) is 1. The average molecular weight is 359 g/mol. The van der Waals surface area contributed by atoms with Crippen molar-refractivity contribution < 1.29 is 14.1 Å². The van der Waals surface area contributed by atoms with Gasteiger partial charge in [-0.05, 0) is 58.0 Å². The lowest BCUT2D eigenvalue weighted by Crippen LogP contribution is -2.30. The van der Waals surface area contributed by atoms with Crippen molar-refractivity contribution >= 4 is 23.0 Å². The third-order valence-electron chi connectivity index (χ3n) is 4.20. The Morgan fingerprint density at radius 1 is 1.27 bits per heavy atom. The van der Waals surface area contributed by atoms with E-state index >= 15 is 0 Å². The van der Waals surface area contributed by atoms with Crippen LogP contribution in [0.4, 0.5) is 21.5 Å². The second-order valence-electron chi connectivity index (χ2n) is 6.24. The quantitative estimate of drug-likeness (QED) is 0.607. The molecule has 7 heteroatoms. The van der Waals surface area contributed by atoms with E-state index in [0.29, 0.717) is 11.7 Å². The predicted octanol–water partition coefficient (Wildman–Crippen LogP) is 4.53. The largest absolute Gasteiger partial charge is 0.369 e. The van der Waals surface area contributed by atoms with Crippen LogP contribution >= 0.6 is 0 Å². The molecular weight excluding hydrogens is 337 g/mol. The molecule has 0 fully saturated rings. The monoisotopic (exact) mass is 359 g/mol. The minimum atomic E-state index is -0.782. The van der Waals surface area contributed by atoms with E-state index < -0.39 is 22.3 Å². The number of amides is 1. The topological polar surface area (TPSA) is 75.5 Å². The zero-order valence-electron chi connectivity index (χ0n) is 15.2. The van der Waals surface area contributed by atoms with Gasteiger partial charge >= 0.3 is 0 Å². The van der Waals surface area contributed by atoms with E-state index in [0.717, 1.165) is 24.4 Å². The standard InChI is InChI=1S/C19H22FN3O3/c1-5-22(12(2)3)16-8-6-15(7-9-16)21-19(24)14-10-17(20)13(4)18(11-14)23(25)26/h6-12H,5H2,1-4H3,(H,21,24). The summed E-state index contributed by atoms with van der Waals surface area (Å²) in [4.78, 5) is 24.8. The summed E-state index contributed by atoms with van der Waals surface area (Å²) in [5.74, 6) is -1.38. The first-order valence-corrected chi connectivity index (χ1v) is 8.37. The maximum absolute atomic E-state index is 13.9. The van der Waals surface area contributed by atoms with Crippen LogP contribution in [0.15, 0.2) is 36.4 Å². The Morgan fingerprint density at radius 2 is 1.88 bits per heavy atom. The molecule has 0 aliphatic rings. The number of nitro benzene ring substituents is 1. The SMILES string of the molecule is CCN(c1ccc(NC(=O)c2cc(F)c(C)c([N+](=O)[O-])c2)cc1)C(C)C. The first-order valence-electron chi connectivity index (χ1n) is 8.37. The highest BCUT2D eigenvalue weighted by molar-refractivity contribution is 6.04. The molecule has 0 radical (unpaired) electrons. The third kappa shape index (κ3) is 4.17. The number of nitrogens with zero attached hydrogens (tertiary/aromatic N) is 2. The lowest BCUT2D eigenvalue weighted by atomic mass is 10.1. The summed E-state index contributed by atoms with van der Waals surface area (Å²) in [5.41, 5.74) is 0.950. The molecule has 6 nitrogen and oxygen atoms in total. The maximum Gasteiger partial charge on any atom is 0.276 e. The molecular formula is C19H22FN3O3. The van der Waals surface area contributed by atoms with Crippen molar-refractivity contribution in [2.24, 2.45) is 0 Å². The van der Waals surface area contributed by atoms with Gasteiger partial charge in [0.05, 0.1) is 10.5 Å². The molecule has 2 rings (SSSR count). The molecule has 2 aromatic rings. The normalized spacial score (nSPS) is 10.7. The number of carbonyl (C=O) groups excluding carboxylic acids is 1. The van der Waals surface area contributed by atoms with E-state index in [1.54, 1.807) is 12.1 Å². The number of carbonyl (C=O) groups is 1. The smallest absolute Gasteiger partial charge is 0.276 e. The van der Waals surface area contributed by atoms with Gasteiger partial charge < -0.3 is 10.2 Å². The van der Waals surface area contributed by atoms with Gasteiger partial charge in [-0.2, -0.15) is 0 Å². The minimum Gasteiger partial charge on any atom is -0.369 e. The van der Waals surface area contributed by atoms with Crippen LogP contribution in [0.2, 0.25) is 0 Å². The Balaban J connectivity index is 2.21. The molecule has 2 aromatic carbocycles. The van der Waals surface area contributed by atoms with Gasteiger partial charge in [-0.15, -0.1) is 0 Å². The number of benzene rings is 2. The molecule has 0 heterocycles. The highest BCUT2D eigenvalue weighted by Gasteiger charge is 2.19.